The topological polar surface area (TPSA) is 66.4 Å². The van der Waals surface area contributed by atoms with Gasteiger partial charge in [-0.25, -0.2) is 9.18 Å². The number of benzene rings is 1. The molecule has 1 fully saturated rings. The fourth-order valence-corrected chi connectivity index (χ4v) is 4.77. The van der Waals surface area contributed by atoms with E-state index in [9.17, 15) is 14.0 Å². The van der Waals surface area contributed by atoms with Gasteiger partial charge in [0.1, 0.15) is 6.67 Å². The van der Waals surface area contributed by atoms with Crippen LogP contribution < -0.4 is 5.32 Å². The minimum Gasteiger partial charge on any atom is -0.480 e. The average Bonchev–Trinajstić information content (AvgIpc) is 2.53. The molecule has 1 saturated heterocycles. The number of carbonyl (C=O) groups is 2. The molecule has 0 aliphatic carbocycles. The lowest BCUT2D eigenvalue weighted by Crippen LogP contribution is -2.42. The summed E-state index contributed by atoms with van der Waals surface area (Å²) in [5.41, 5.74) is 1.48. The van der Waals surface area contributed by atoms with E-state index in [1.54, 1.807) is 12.1 Å². The highest BCUT2D eigenvalue weighted by Crippen LogP contribution is 2.43. The Morgan fingerprint density at radius 3 is 2.43 bits per heavy atom. The number of hydrogen-bond donors (Lipinski definition) is 2. The molecule has 0 aromatic heterocycles. The number of rotatable bonds is 5. The van der Waals surface area contributed by atoms with Gasteiger partial charge in [0.2, 0.25) is 0 Å². The van der Waals surface area contributed by atoms with Crippen molar-refractivity contribution in [2.45, 2.75) is 17.0 Å². The van der Waals surface area contributed by atoms with Crippen molar-refractivity contribution in [3.05, 3.63) is 35.4 Å². The molecule has 4 nitrogen and oxygen atoms in total. The number of amides is 1. The molecule has 0 bridgehead atoms. The van der Waals surface area contributed by atoms with E-state index in [4.69, 9.17) is 5.11 Å². The highest BCUT2D eigenvalue weighted by atomic mass is 32.2. The molecule has 0 saturated carbocycles. The van der Waals surface area contributed by atoms with Crippen LogP contribution in [-0.4, -0.2) is 41.2 Å². The molecular formula is C14H16FNO3S2. The quantitative estimate of drug-likeness (QED) is 0.869. The minimum atomic E-state index is -1.50. The molecule has 2 N–H and O–H groups in total. The maximum Gasteiger partial charge on any atom is 0.328 e. The maximum absolute atomic E-state index is 12.5. The van der Waals surface area contributed by atoms with E-state index < -0.39 is 24.6 Å². The third-order valence-corrected chi connectivity index (χ3v) is 6.04. The van der Waals surface area contributed by atoms with Crippen molar-refractivity contribution >= 4 is 35.4 Å². The normalized spacial score (nSPS) is 17.2. The Hall–Kier alpha value is -1.21. The Morgan fingerprint density at radius 2 is 1.90 bits per heavy atom. The molecule has 0 radical (unpaired) electrons. The van der Waals surface area contributed by atoms with Crippen molar-refractivity contribution in [3.8, 4) is 0 Å². The molecule has 114 valence electrons. The van der Waals surface area contributed by atoms with Crippen LogP contribution in [-0.2, 0) is 4.79 Å². The molecule has 1 amide bonds. The number of halogens is 1. The second kappa shape index (κ2) is 7.70. The summed E-state index contributed by atoms with van der Waals surface area (Å²) in [5, 5.41) is 10.9. The van der Waals surface area contributed by atoms with Gasteiger partial charge in [0.25, 0.3) is 5.91 Å². The van der Waals surface area contributed by atoms with Crippen LogP contribution in [0.4, 0.5) is 4.39 Å². The lowest BCUT2D eigenvalue weighted by molar-refractivity contribution is -0.139. The molecule has 1 aromatic carbocycles. The second-order valence-electron chi connectivity index (χ2n) is 4.57. The summed E-state index contributed by atoms with van der Waals surface area (Å²) >= 11 is 3.77. The van der Waals surface area contributed by atoms with E-state index in [-0.39, 0.29) is 0 Å². The van der Waals surface area contributed by atoms with Crippen molar-refractivity contribution in [3.63, 3.8) is 0 Å². The first-order chi connectivity index (χ1) is 10.1. The maximum atomic E-state index is 12.5. The first kappa shape index (κ1) is 16.2. The third kappa shape index (κ3) is 4.38. The number of carboxylic acids is 1. The van der Waals surface area contributed by atoms with Crippen molar-refractivity contribution in [1.29, 1.82) is 0 Å². The zero-order valence-electron chi connectivity index (χ0n) is 11.3. The summed E-state index contributed by atoms with van der Waals surface area (Å²) in [7, 11) is 0. The van der Waals surface area contributed by atoms with E-state index in [0.29, 0.717) is 10.1 Å². The van der Waals surface area contributed by atoms with E-state index in [1.807, 2.05) is 35.7 Å². The summed E-state index contributed by atoms with van der Waals surface area (Å²) in [6.45, 7) is -1.13. The lowest BCUT2D eigenvalue weighted by atomic mass is 10.1. The molecule has 0 spiro atoms. The van der Waals surface area contributed by atoms with Crippen LogP contribution in [0, 0.1) is 0 Å². The smallest absolute Gasteiger partial charge is 0.328 e. The zero-order valence-corrected chi connectivity index (χ0v) is 12.9. The van der Waals surface area contributed by atoms with Crippen LogP contribution in [0.5, 0.6) is 0 Å². The van der Waals surface area contributed by atoms with E-state index in [2.05, 4.69) is 5.32 Å². The van der Waals surface area contributed by atoms with Crippen LogP contribution in [0.15, 0.2) is 24.3 Å². The van der Waals surface area contributed by atoms with Crippen LogP contribution in [0.25, 0.3) is 0 Å². The molecule has 21 heavy (non-hydrogen) atoms. The molecule has 1 aromatic rings. The molecule has 1 heterocycles. The number of carboxylic acid groups (broad SMARTS) is 1. The molecule has 7 heteroatoms. The first-order valence-electron chi connectivity index (χ1n) is 6.54. The van der Waals surface area contributed by atoms with Gasteiger partial charge in [-0.3, -0.25) is 4.79 Å². The first-order valence-corrected chi connectivity index (χ1v) is 8.64. The van der Waals surface area contributed by atoms with Crippen molar-refractivity contribution < 1.29 is 19.1 Å². The molecule has 1 atom stereocenters. The number of alkyl halides is 1. The van der Waals surface area contributed by atoms with Gasteiger partial charge >= 0.3 is 5.97 Å². The van der Waals surface area contributed by atoms with Gasteiger partial charge in [-0.05, 0) is 35.6 Å². The van der Waals surface area contributed by atoms with Gasteiger partial charge < -0.3 is 10.4 Å². The zero-order chi connectivity index (χ0) is 15.2. The lowest BCUT2D eigenvalue weighted by Gasteiger charge is -2.21. The van der Waals surface area contributed by atoms with Gasteiger partial charge in [-0.1, -0.05) is 12.1 Å². The van der Waals surface area contributed by atoms with Gasteiger partial charge in [0, 0.05) is 5.56 Å². The Kier molecular flexibility index (Phi) is 5.93. The number of aliphatic carboxylic acids is 1. The fraction of sp³-hybridized carbons (Fsp3) is 0.429. The highest BCUT2D eigenvalue weighted by molar-refractivity contribution is 8.16. The minimum absolute atomic E-state index is 0.337. The van der Waals surface area contributed by atoms with Gasteiger partial charge in [0.15, 0.2) is 6.04 Å². The van der Waals surface area contributed by atoms with Crippen LogP contribution in [0.1, 0.15) is 26.9 Å². The van der Waals surface area contributed by atoms with Gasteiger partial charge in [0.05, 0.1) is 4.58 Å². The van der Waals surface area contributed by atoms with E-state index >= 15 is 0 Å². The second-order valence-corrected chi connectivity index (χ2v) is 7.29. The molecular weight excluding hydrogens is 313 g/mol. The number of carbonyl (C=O) groups excluding carboxylic acids is 1. The highest BCUT2D eigenvalue weighted by Gasteiger charge is 2.21. The Labute approximate surface area is 130 Å². The van der Waals surface area contributed by atoms with Crippen LogP contribution in [0.3, 0.4) is 0 Å². The standard InChI is InChI=1S/C14H16FNO3S2/c15-8-11(13(18)19)16-12(17)9-2-4-10(5-3-9)14-20-6-1-7-21-14/h2-5,11,14H,1,6-8H2,(H,16,17)(H,18,19). The number of thioether (sulfide) groups is 2. The summed E-state index contributed by atoms with van der Waals surface area (Å²) in [4.78, 5) is 22.6. The SMILES string of the molecule is O=C(NC(CF)C(=O)O)c1ccc(C2SCCCS2)cc1. The Balaban J connectivity index is 2.00. The Morgan fingerprint density at radius 1 is 1.29 bits per heavy atom. The third-order valence-electron chi connectivity index (χ3n) is 3.03. The summed E-state index contributed by atoms with van der Waals surface area (Å²) in [6, 6.07) is 5.54. The predicted octanol–water partition coefficient (Wildman–Crippen LogP) is 2.71. The molecule has 2 rings (SSSR count). The molecule has 1 aliphatic heterocycles. The van der Waals surface area contributed by atoms with Gasteiger partial charge in [-0.15, -0.1) is 23.5 Å². The summed E-state index contributed by atoms with van der Waals surface area (Å²) in [6.07, 6.45) is 1.21. The van der Waals surface area contributed by atoms with Crippen LogP contribution in [0.2, 0.25) is 0 Å². The van der Waals surface area contributed by atoms with Crippen LogP contribution >= 0.6 is 23.5 Å². The van der Waals surface area contributed by atoms with Crippen molar-refractivity contribution in [2.24, 2.45) is 0 Å². The summed E-state index contributed by atoms with van der Waals surface area (Å²) < 4.78 is 12.9. The van der Waals surface area contributed by atoms with Crippen molar-refractivity contribution in [2.75, 3.05) is 18.2 Å². The molecule has 1 aliphatic rings. The fourth-order valence-electron chi connectivity index (χ4n) is 1.88. The molecule has 1 unspecified atom stereocenters. The largest absolute Gasteiger partial charge is 0.480 e. The number of nitrogens with one attached hydrogen (secondary N) is 1. The average molecular weight is 329 g/mol. The van der Waals surface area contributed by atoms with E-state index in [0.717, 1.165) is 17.1 Å². The number of hydrogen-bond acceptors (Lipinski definition) is 4. The van der Waals surface area contributed by atoms with Crippen molar-refractivity contribution in [1.82, 2.24) is 5.32 Å². The summed E-state index contributed by atoms with van der Waals surface area (Å²) in [5.74, 6) is 0.320. The predicted molar refractivity (Wildman–Crippen MR) is 83.6 cm³/mol. The van der Waals surface area contributed by atoms with E-state index in [1.165, 1.54) is 6.42 Å². The van der Waals surface area contributed by atoms with Gasteiger partial charge in [-0.2, -0.15) is 0 Å². The Bertz CT molecular complexity index is 503. The monoisotopic (exact) mass is 329 g/mol.